The van der Waals surface area contributed by atoms with Gasteiger partial charge in [0.05, 0.1) is 6.67 Å². The van der Waals surface area contributed by atoms with E-state index in [0.29, 0.717) is 12.7 Å². The van der Waals surface area contributed by atoms with Crippen molar-refractivity contribution in [3.05, 3.63) is 12.4 Å². The first-order chi connectivity index (χ1) is 8.24. The van der Waals surface area contributed by atoms with E-state index in [1.54, 1.807) is 0 Å². The zero-order chi connectivity index (χ0) is 12.9. The van der Waals surface area contributed by atoms with Gasteiger partial charge in [-0.3, -0.25) is 0 Å². The third kappa shape index (κ3) is 11.2. The van der Waals surface area contributed by atoms with E-state index in [-0.39, 0.29) is 0 Å². The molecule has 0 saturated carbocycles. The van der Waals surface area contributed by atoms with Gasteiger partial charge in [-0.25, -0.2) is 0 Å². The van der Waals surface area contributed by atoms with E-state index in [9.17, 15) is 0 Å². The van der Waals surface area contributed by atoms with Crippen LogP contribution in [0.15, 0.2) is 12.4 Å². The molecule has 0 atom stereocenters. The summed E-state index contributed by atoms with van der Waals surface area (Å²) in [6.07, 6.45) is 12.7. The van der Waals surface area contributed by atoms with E-state index in [0.717, 1.165) is 6.67 Å². The quantitative estimate of drug-likeness (QED) is 0.505. The number of unbranched alkanes of at least 4 members (excludes halogenated alkanes) is 5. The van der Waals surface area contributed by atoms with Crippen molar-refractivity contribution >= 4 is 20.4 Å². The Morgan fingerprint density at radius 1 is 1.06 bits per heavy atom. The molecule has 0 radical (unpaired) electrons. The Labute approximate surface area is 121 Å². The number of hydrogen-bond donors (Lipinski definition) is 0. The first-order valence-electron chi connectivity index (χ1n) is 6.19. The van der Waals surface area contributed by atoms with Crippen LogP contribution in [0.25, 0.3) is 0 Å². The molecular formula is C12H24Cl2N2Ni. The van der Waals surface area contributed by atoms with Crippen LogP contribution in [0.4, 0.5) is 0 Å². The molecule has 2 nitrogen and oxygen atoms in total. The molecule has 0 amide bonds. The molecule has 0 bridgehead atoms. The van der Waals surface area contributed by atoms with Crippen LogP contribution in [0.1, 0.15) is 45.4 Å². The van der Waals surface area contributed by atoms with Gasteiger partial charge in [0.2, 0.25) is 0 Å². The SMILES string of the molecule is CCCCCCCCN1C=CN(C)C1.[Cl][Ni][Cl]. The number of halogens is 2. The van der Waals surface area contributed by atoms with Crippen molar-refractivity contribution in [2.75, 3.05) is 20.3 Å². The summed E-state index contributed by atoms with van der Waals surface area (Å²) in [5.41, 5.74) is 0. The molecule has 0 fully saturated rings. The molecule has 0 spiro atoms. The number of nitrogens with zero attached hydrogens (tertiary/aromatic N) is 2. The summed E-state index contributed by atoms with van der Waals surface area (Å²) < 4.78 is 0. The average molecular weight is 326 g/mol. The van der Waals surface area contributed by atoms with E-state index in [4.69, 9.17) is 20.4 Å². The fourth-order valence-electron chi connectivity index (χ4n) is 1.83. The maximum absolute atomic E-state index is 4.70. The third-order valence-corrected chi connectivity index (χ3v) is 2.74. The van der Waals surface area contributed by atoms with Crippen LogP contribution in [0.3, 0.4) is 0 Å². The molecule has 1 aliphatic rings. The van der Waals surface area contributed by atoms with E-state index in [2.05, 4.69) is 36.2 Å². The van der Waals surface area contributed by atoms with Crippen molar-refractivity contribution in [3.8, 4) is 0 Å². The van der Waals surface area contributed by atoms with Crippen LogP contribution in [0.5, 0.6) is 0 Å². The molecule has 1 heterocycles. The van der Waals surface area contributed by atoms with Gasteiger partial charge in [0.1, 0.15) is 0 Å². The van der Waals surface area contributed by atoms with E-state index >= 15 is 0 Å². The third-order valence-electron chi connectivity index (χ3n) is 2.74. The Kier molecular flexibility index (Phi) is 13.2. The molecule has 1 rings (SSSR count). The van der Waals surface area contributed by atoms with Crippen molar-refractivity contribution in [2.45, 2.75) is 45.4 Å². The second kappa shape index (κ2) is 12.9. The first-order valence-corrected chi connectivity index (χ1v) is 8.91. The molecule has 0 aromatic heterocycles. The van der Waals surface area contributed by atoms with E-state index in [1.165, 1.54) is 45.1 Å². The van der Waals surface area contributed by atoms with Crippen molar-refractivity contribution in [1.29, 1.82) is 0 Å². The van der Waals surface area contributed by atoms with E-state index in [1.807, 2.05) is 0 Å². The molecule has 106 valence electrons. The van der Waals surface area contributed by atoms with Gasteiger partial charge in [-0.05, 0) is 6.42 Å². The zero-order valence-electron chi connectivity index (χ0n) is 10.8. The van der Waals surface area contributed by atoms with Crippen LogP contribution in [-0.4, -0.2) is 30.1 Å². The molecule has 0 aromatic rings. The van der Waals surface area contributed by atoms with Crippen LogP contribution >= 0.6 is 20.4 Å². The van der Waals surface area contributed by atoms with Crippen molar-refractivity contribution < 1.29 is 12.7 Å². The molecule has 1 aliphatic heterocycles. The van der Waals surface area contributed by atoms with Crippen LogP contribution in [0, 0.1) is 0 Å². The minimum absolute atomic E-state index is 0.569. The van der Waals surface area contributed by atoms with Crippen molar-refractivity contribution in [3.63, 3.8) is 0 Å². The number of hydrogen-bond acceptors (Lipinski definition) is 2. The van der Waals surface area contributed by atoms with Gasteiger partial charge in [-0.15, -0.1) is 0 Å². The molecule has 17 heavy (non-hydrogen) atoms. The summed E-state index contributed by atoms with van der Waals surface area (Å²) in [4.78, 5) is 4.61. The summed E-state index contributed by atoms with van der Waals surface area (Å²) in [7, 11) is 11.5. The Bertz CT molecular complexity index is 191. The molecular weight excluding hydrogens is 302 g/mol. The predicted molar refractivity (Wildman–Crippen MR) is 73.6 cm³/mol. The summed E-state index contributed by atoms with van der Waals surface area (Å²) in [5.74, 6) is 0. The van der Waals surface area contributed by atoms with Gasteiger partial charge >= 0.3 is 33.0 Å². The second-order valence-electron chi connectivity index (χ2n) is 4.32. The summed E-state index contributed by atoms with van der Waals surface area (Å²) in [6, 6.07) is 0. The van der Waals surface area contributed by atoms with Crippen molar-refractivity contribution in [2.24, 2.45) is 0 Å². The molecule has 0 aliphatic carbocycles. The van der Waals surface area contributed by atoms with Gasteiger partial charge in [0.15, 0.2) is 0 Å². The monoisotopic (exact) mass is 324 g/mol. The first kappa shape index (κ1) is 17.4. The molecule has 0 aromatic carbocycles. The fourth-order valence-corrected chi connectivity index (χ4v) is 1.83. The van der Waals surface area contributed by atoms with Crippen LogP contribution in [0.2, 0.25) is 0 Å². The minimum atomic E-state index is 0.569. The van der Waals surface area contributed by atoms with Gasteiger partial charge in [0.25, 0.3) is 0 Å². The van der Waals surface area contributed by atoms with E-state index < -0.39 is 0 Å². The maximum atomic E-state index is 4.70. The van der Waals surface area contributed by atoms with Gasteiger partial charge in [0, 0.05) is 26.0 Å². The molecule has 5 heteroatoms. The van der Waals surface area contributed by atoms with Crippen molar-refractivity contribution in [1.82, 2.24) is 9.80 Å². The second-order valence-corrected chi connectivity index (χ2v) is 5.95. The standard InChI is InChI=1S/C12H24N2.2ClH.Ni/c1-3-4-5-6-7-8-9-14-11-10-13(2)12-14;;;/h10-11H,3-9,12H2,1-2H3;2*1H;/q;;;+2/p-2. The average Bonchev–Trinajstić information content (AvgIpc) is 2.70. The van der Waals surface area contributed by atoms with Gasteiger partial charge < -0.3 is 9.80 Å². The van der Waals surface area contributed by atoms with Gasteiger partial charge in [-0.1, -0.05) is 39.0 Å². The van der Waals surface area contributed by atoms with Crippen LogP contribution in [-0.2, 0) is 12.7 Å². The Hall–Kier alpha value is 0.414. The summed E-state index contributed by atoms with van der Waals surface area (Å²) in [6.45, 7) is 4.58. The van der Waals surface area contributed by atoms with Crippen LogP contribution < -0.4 is 0 Å². The summed E-state index contributed by atoms with van der Waals surface area (Å²) in [5, 5.41) is 0. The fraction of sp³-hybridized carbons (Fsp3) is 0.833. The molecule has 0 unspecified atom stereocenters. The summed E-state index contributed by atoms with van der Waals surface area (Å²) >= 11 is 0.569. The Morgan fingerprint density at radius 3 is 2.18 bits per heavy atom. The predicted octanol–water partition coefficient (Wildman–Crippen LogP) is 4.40. The normalized spacial score (nSPS) is 14.1. The topological polar surface area (TPSA) is 6.48 Å². The van der Waals surface area contributed by atoms with Gasteiger partial charge in [-0.2, -0.15) is 0 Å². The zero-order valence-corrected chi connectivity index (χ0v) is 13.3. The number of rotatable bonds is 7. The Morgan fingerprint density at radius 2 is 1.65 bits per heavy atom. The molecule has 0 N–H and O–H groups in total. The molecule has 0 saturated heterocycles. The Balaban J connectivity index is 0.000000770.